The summed E-state index contributed by atoms with van der Waals surface area (Å²) in [6.07, 6.45) is 0.833. The lowest BCUT2D eigenvalue weighted by molar-refractivity contribution is -0.133. The highest BCUT2D eigenvalue weighted by molar-refractivity contribution is 5.84. The van der Waals surface area contributed by atoms with Crippen molar-refractivity contribution in [2.45, 2.75) is 6.92 Å². The molecule has 0 amide bonds. The molecule has 0 aromatic rings. The second kappa shape index (κ2) is 13.7. The summed E-state index contributed by atoms with van der Waals surface area (Å²) in [5.41, 5.74) is -0.935. The first-order valence-electron chi connectivity index (χ1n) is 5.34. The fraction of sp³-hybridized carbons (Fsp3) is 0.500. The normalized spacial score (nSPS) is 9.25. The topological polar surface area (TPSA) is 156 Å². The van der Waals surface area contributed by atoms with Crippen molar-refractivity contribution in [1.29, 1.82) is 0 Å². The van der Waals surface area contributed by atoms with Crippen LogP contribution < -0.4 is 0 Å². The molecule has 0 aliphatic rings. The van der Waals surface area contributed by atoms with Crippen LogP contribution in [0.15, 0.2) is 24.8 Å². The molecule has 0 rings (SSSR count). The molecular formula is C12H22O8. The van der Waals surface area contributed by atoms with Crippen molar-refractivity contribution in [3.8, 4) is 0 Å². The van der Waals surface area contributed by atoms with Crippen molar-refractivity contribution in [3.05, 3.63) is 24.8 Å². The number of hydrogen-bond donors (Lipinski definition) is 6. The monoisotopic (exact) mass is 294 g/mol. The predicted molar refractivity (Wildman–Crippen MR) is 71.1 cm³/mol. The van der Waals surface area contributed by atoms with Crippen molar-refractivity contribution in [2.75, 3.05) is 26.4 Å². The van der Waals surface area contributed by atoms with Gasteiger partial charge in [0.2, 0.25) is 0 Å². The molecule has 20 heavy (non-hydrogen) atoms. The third-order valence-electron chi connectivity index (χ3n) is 1.88. The molecular weight excluding hydrogens is 272 g/mol. The molecule has 0 aliphatic heterocycles. The molecule has 0 unspecified atom stereocenters. The van der Waals surface area contributed by atoms with Crippen molar-refractivity contribution < 1.29 is 40.2 Å². The van der Waals surface area contributed by atoms with Crippen molar-refractivity contribution >= 4 is 11.9 Å². The van der Waals surface area contributed by atoms with Crippen LogP contribution in [-0.4, -0.2) is 69.0 Å². The zero-order chi connectivity index (χ0) is 16.8. The van der Waals surface area contributed by atoms with Gasteiger partial charge < -0.3 is 30.6 Å². The Kier molecular flexibility index (Phi) is 16.0. The van der Waals surface area contributed by atoms with E-state index >= 15 is 0 Å². The molecule has 0 heterocycles. The van der Waals surface area contributed by atoms with Gasteiger partial charge >= 0.3 is 11.9 Å². The highest BCUT2D eigenvalue weighted by Gasteiger charge is 2.26. The van der Waals surface area contributed by atoms with E-state index in [9.17, 15) is 9.59 Å². The molecule has 118 valence electrons. The molecule has 0 radical (unpaired) electrons. The lowest BCUT2D eigenvalue weighted by atomic mass is 9.93. The van der Waals surface area contributed by atoms with E-state index in [0.29, 0.717) is 0 Å². The third kappa shape index (κ3) is 14.3. The zero-order valence-electron chi connectivity index (χ0n) is 11.3. The summed E-state index contributed by atoms with van der Waals surface area (Å²) in [7, 11) is 0. The number of carbonyl (C=O) groups is 2. The average molecular weight is 294 g/mol. The maximum atomic E-state index is 9.60. The first kappa shape index (κ1) is 23.4. The first-order chi connectivity index (χ1) is 9.16. The minimum Gasteiger partial charge on any atom is -0.478 e. The van der Waals surface area contributed by atoms with Crippen molar-refractivity contribution in [1.82, 2.24) is 0 Å². The highest BCUT2D eigenvalue weighted by Crippen LogP contribution is 2.11. The molecule has 0 atom stereocenters. The average Bonchev–Trinajstić information content (AvgIpc) is 2.43. The lowest BCUT2D eigenvalue weighted by Gasteiger charge is -2.23. The SMILES string of the molecule is C=C(C)C(=O)O.C=CC(=O)O.OCC(CO)(CO)CO. The van der Waals surface area contributed by atoms with Gasteiger partial charge in [-0.2, -0.15) is 0 Å². The van der Waals surface area contributed by atoms with Crippen LogP contribution >= 0.6 is 0 Å². The molecule has 0 saturated heterocycles. The van der Waals surface area contributed by atoms with Crippen LogP contribution in [0.4, 0.5) is 0 Å². The van der Waals surface area contributed by atoms with Gasteiger partial charge in [-0.3, -0.25) is 0 Å². The molecule has 0 aromatic carbocycles. The van der Waals surface area contributed by atoms with Gasteiger partial charge in [-0.1, -0.05) is 13.2 Å². The highest BCUT2D eigenvalue weighted by atomic mass is 16.4. The Morgan fingerprint density at radius 3 is 1.20 bits per heavy atom. The molecule has 6 N–H and O–H groups in total. The van der Waals surface area contributed by atoms with Gasteiger partial charge in [-0.05, 0) is 6.92 Å². The van der Waals surface area contributed by atoms with Crippen LogP contribution in [0.3, 0.4) is 0 Å². The minimum absolute atomic E-state index is 0.176. The molecule has 0 fully saturated rings. The van der Waals surface area contributed by atoms with E-state index in [0.717, 1.165) is 6.08 Å². The van der Waals surface area contributed by atoms with Crippen LogP contribution in [0.25, 0.3) is 0 Å². The quantitative estimate of drug-likeness (QED) is 0.335. The lowest BCUT2D eigenvalue weighted by Crippen LogP contribution is -2.37. The summed E-state index contributed by atoms with van der Waals surface area (Å²) in [6, 6.07) is 0. The van der Waals surface area contributed by atoms with Gasteiger partial charge in [0, 0.05) is 11.6 Å². The maximum Gasteiger partial charge on any atom is 0.330 e. The molecule has 0 aromatic heterocycles. The summed E-state index contributed by atoms with van der Waals surface area (Å²) in [5.74, 6) is -1.92. The number of hydrogen-bond acceptors (Lipinski definition) is 6. The number of aliphatic hydroxyl groups excluding tert-OH is 4. The Balaban J connectivity index is -0.000000230. The van der Waals surface area contributed by atoms with Gasteiger partial charge in [0.25, 0.3) is 0 Å². The zero-order valence-corrected chi connectivity index (χ0v) is 11.3. The fourth-order valence-corrected chi connectivity index (χ4v) is 0.300. The Hall–Kier alpha value is -1.74. The van der Waals surface area contributed by atoms with Gasteiger partial charge in [0.05, 0.1) is 31.8 Å². The van der Waals surface area contributed by atoms with E-state index in [4.69, 9.17) is 30.6 Å². The maximum absolute atomic E-state index is 9.60. The van der Waals surface area contributed by atoms with E-state index in [-0.39, 0.29) is 5.57 Å². The van der Waals surface area contributed by atoms with Gasteiger partial charge in [0.15, 0.2) is 0 Å². The Bertz CT molecular complexity index is 277. The fourth-order valence-electron chi connectivity index (χ4n) is 0.300. The number of aliphatic carboxylic acids is 2. The van der Waals surface area contributed by atoms with Crippen LogP contribution in [0.2, 0.25) is 0 Å². The van der Waals surface area contributed by atoms with E-state index < -0.39 is 43.8 Å². The number of carboxylic acid groups (broad SMARTS) is 2. The van der Waals surface area contributed by atoms with Crippen molar-refractivity contribution in [3.63, 3.8) is 0 Å². The minimum atomic E-state index is -1.11. The third-order valence-corrected chi connectivity index (χ3v) is 1.88. The number of carboxylic acids is 2. The first-order valence-corrected chi connectivity index (χ1v) is 5.34. The second-order valence-corrected chi connectivity index (χ2v) is 3.76. The summed E-state index contributed by atoms with van der Waals surface area (Å²) in [5, 5.41) is 49.5. The number of aliphatic hydroxyl groups is 4. The summed E-state index contributed by atoms with van der Waals surface area (Å²) in [6.45, 7) is 5.94. The van der Waals surface area contributed by atoms with Crippen molar-refractivity contribution in [2.24, 2.45) is 5.41 Å². The molecule has 8 nitrogen and oxygen atoms in total. The molecule has 8 heteroatoms. The predicted octanol–water partition coefficient (Wildman–Crippen LogP) is -1.15. The molecule has 0 spiro atoms. The van der Waals surface area contributed by atoms with Gasteiger partial charge in [-0.25, -0.2) is 9.59 Å². The Morgan fingerprint density at radius 2 is 1.20 bits per heavy atom. The van der Waals surface area contributed by atoms with E-state index in [2.05, 4.69) is 13.2 Å². The van der Waals surface area contributed by atoms with E-state index in [1.54, 1.807) is 0 Å². The Morgan fingerprint density at radius 1 is 1.00 bits per heavy atom. The smallest absolute Gasteiger partial charge is 0.330 e. The van der Waals surface area contributed by atoms with Crippen LogP contribution in [0.5, 0.6) is 0 Å². The summed E-state index contributed by atoms with van der Waals surface area (Å²) in [4.78, 5) is 18.8. The molecule has 0 bridgehead atoms. The molecule has 0 saturated carbocycles. The second-order valence-electron chi connectivity index (χ2n) is 3.76. The van der Waals surface area contributed by atoms with Crippen LogP contribution in [0.1, 0.15) is 6.92 Å². The Labute approximate surface area is 116 Å². The summed E-state index contributed by atoms with van der Waals surface area (Å²) < 4.78 is 0. The standard InChI is InChI=1S/C5H12O4.C4H6O2.C3H4O2/c6-1-5(2-7,3-8)4-9;1-3(2)4(5)6;1-2-3(4)5/h6-9H,1-4H2;1H2,2H3,(H,5,6);2H,1H2,(H,4,5). The summed E-state index contributed by atoms with van der Waals surface area (Å²) >= 11 is 0. The van der Waals surface area contributed by atoms with Gasteiger partial charge in [-0.15, -0.1) is 0 Å². The molecule has 0 aliphatic carbocycles. The number of rotatable bonds is 6. The van der Waals surface area contributed by atoms with Crippen LogP contribution in [-0.2, 0) is 9.59 Å². The largest absolute Gasteiger partial charge is 0.478 e. The van der Waals surface area contributed by atoms with Gasteiger partial charge in [0.1, 0.15) is 0 Å². The van der Waals surface area contributed by atoms with E-state index in [1.807, 2.05) is 0 Å². The van der Waals surface area contributed by atoms with E-state index in [1.165, 1.54) is 6.92 Å². The van der Waals surface area contributed by atoms with Crippen LogP contribution in [0, 0.1) is 5.41 Å².